The third kappa shape index (κ3) is 3.96. The van der Waals surface area contributed by atoms with Gasteiger partial charge >= 0.3 is 5.97 Å². The average Bonchev–Trinajstić information content (AvgIpc) is 2.90. The largest absolute Gasteiger partial charge is 0.466 e. The van der Waals surface area contributed by atoms with Gasteiger partial charge in [0.15, 0.2) is 0 Å². The van der Waals surface area contributed by atoms with Crippen LogP contribution in [0.2, 0.25) is 0 Å². The van der Waals surface area contributed by atoms with Gasteiger partial charge in [-0.05, 0) is 66.7 Å². The summed E-state index contributed by atoms with van der Waals surface area (Å²) in [4.78, 5) is 13.6. The zero-order valence-corrected chi connectivity index (χ0v) is 16.8. The first-order chi connectivity index (χ1) is 11.3. The van der Waals surface area contributed by atoms with Gasteiger partial charge in [0.25, 0.3) is 0 Å². The van der Waals surface area contributed by atoms with E-state index in [1.807, 2.05) is 0 Å². The van der Waals surface area contributed by atoms with Crippen LogP contribution in [-0.2, 0) is 9.53 Å². The molecule has 136 valence electrons. The lowest BCUT2D eigenvalue weighted by Crippen LogP contribution is -2.36. The first kappa shape index (κ1) is 19.7. The van der Waals surface area contributed by atoms with E-state index < -0.39 is 12.1 Å². The van der Waals surface area contributed by atoms with Crippen molar-refractivity contribution >= 4 is 21.9 Å². The number of aliphatic hydroxyl groups excluding tert-OH is 1. The maximum atomic E-state index is 11.5. The van der Waals surface area contributed by atoms with Crippen LogP contribution < -0.4 is 0 Å². The van der Waals surface area contributed by atoms with Crippen LogP contribution in [0.3, 0.4) is 0 Å². The minimum absolute atomic E-state index is 0.302. The molecule has 2 saturated carbocycles. The van der Waals surface area contributed by atoms with Crippen molar-refractivity contribution in [3.63, 3.8) is 0 Å². The van der Waals surface area contributed by atoms with E-state index in [4.69, 9.17) is 0 Å². The van der Waals surface area contributed by atoms with Crippen LogP contribution >= 0.6 is 15.9 Å². The van der Waals surface area contributed by atoms with Crippen LogP contribution in [0, 0.1) is 23.2 Å². The molecule has 5 atom stereocenters. The molecule has 0 aromatic heterocycles. The number of rotatable bonds is 6. The first-order valence-corrected chi connectivity index (χ1v) is 9.98. The average molecular weight is 399 g/mol. The summed E-state index contributed by atoms with van der Waals surface area (Å²) in [5.74, 6) is 1.33. The highest BCUT2D eigenvalue weighted by molar-refractivity contribution is 9.11. The van der Waals surface area contributed by atoms with E-state index in [0.717, 1.165) is 6.42 Å². The lowest BCUT2D eigenvalue weighted by molar-refractivity contribution is -0.136. The number of hydrogen-bond acceptors (Lipinski definition) is 3. The van der Waals surface area contributed by atoms with E-state index >= 15 is 0 Å². The van der Waals surface area contributed by atoms with Gasteiger partial charge in [0.2, 0.25) is 0 Å². The molecule has 0 heterocycles. The Bertz CT molecular complexity index is 513. The van der Waals surface area contributed by atoms with Crippen LogP contribution in [0.25, 0.3) is 0 Å². The Kier molecular flexibility index (Phi) is 6.72. The minimum atomic E-state index is -0.524. The second-order valence-corrected chi connectivity index (χ2v) is 8.40. The van der Waals surface area contributed by atoms with Crippen molar-refractivity contribution in [3.05, 3.63) is 22.7 Å². The lowest BCUT2D eigenvalue weighted by atomic mass is 9.61. The summed E-state index contributed by atoms with van der Waals surface area (Å²) in [5.41, 5.74) is 2.27. The SMILES string of the molecule is C=C(C[C@H](O)C[C@@H](C)[C@H]1CC[C@H]2/C(=C/Br)CCC[C@]12C)C(=O)OC. The molecular formula is C20H31BrO3. The second-order valence-electron chi connectivity index (χ2n) is 7.95. The number of ether oxygens (including phenoxy) is 1. The number of allylic oxidation sites excluding steroid dienone is 1. The Labute approximate surface area is 154 Å². The molecular weight excluding hydrogens is 368 g/mol. The molecule has 0 aromatic carbocycles. The fourth-order valence-electron chi connectivity index (χ4n) is 5.33. The summed E-state index contributed by atoms with van der Waals surface area (Å²) >= 11 is 3.56. The Morgan fingerprint density at radius 2 is 2.25 bits per heavy atom. The molecule has 2 aliphatic rings. The van der Waals surface area contributed by atoms with Gasteiger partial charge in [0, 0.05) is 12.0 Å². The van der Waals surface area contributed by atoms with Gasteiger partial charge in [-0.15, -0.1) is 0 Å². The normalized spacial score (nSPS) is 33.8. The lowest BCUT2D eigenvalue weighted by Gasteiger charge is -2.44. The summed E-state index contributed by atoms with van der Waals surface area (Å²) < 4.78 is 4.67. The molecule has 0 spiro atoms. The van der Waals surface area contributed by atoms with Gasteiger partial charge in [-0.2, -0.15) is 0 Å². The van der Waals surface area contributed by atoms with E-state index in [1.165, 1.54) is 39.2 Å². The zero-order valence-electron chi connectivity index (χ0n) is 15.2. The summed E-state index contributed by atoms with van der Waals surface area (Å²) in [6.45, 7) is 8.43. The summed E-state index contributed by atoms with van der Waals surface area (Å²) in [6, 6.07) is 0. The van der Waals surface area contributed by atoms with Gasteiger partial charge in [0.1, 0.15) is 0 Å². The van der Waals surface area contributed by atoms with Crippen molar-refractivity contribution in [2.24, 2.45) is 23.2 Å². The van der Waals surface area contributed by atoms with Crippen LogP contribution in [-0.4, -0.2) is 24.3 Å². The third-order valence-electron chi connectivity index (χ3n) is 6.46. The van der Waals surface area contributed by atoms with E-state index in [-0.39, 0.29) is 0 Å². The molecule has 1 N–H and O–H groups in total. The number of fused-ring (bicyclic) bond motifs is 1. The fourth-order valence-corrected chi connectivity index (χ4v) is 5.88. The van der Waals surface area contributed by atoms with Crippen LogP contribution in [0.4, 0.5) is 0 Å². The Hall–Kier alpha value is -0.610. The number of carbonyl (C=O) groups is 1. The maximum absolute atomic E-state index is 11.5. The molecule has 0 bridgehead atoms. The number of methoxy groups -OCH3 is 1. The van der Waals surface area contributed by atoms with Crippen molar-refractivity contribution in [1.29, 1.82) is 0 Å². The highest BCUT2D eigenvalue weighted by atomic mass is 79.9. The second kappa shape index (κ2) is 8.18. The molecule has 2 aliphatic carbocycles. The predicted molar refractivity (Wildman–Crippen MR) is 101 cm³/mol. The Morgan fingerprint density at radius 1 is 1.54 bits per heavy atom. The van der Waals surface area contributed by atoms with Crippen molar-refractivity contribution < 1.29 is 14.6 Å². The predicted octanol–water partition coefficient (Wildman–Crippen LogP) is 4.99. The van der Waals surface area contributed by atoms with E-state index in [2.05, 4.69) is 46.1 Å². The fraction of sp³-hybridized carbons (Fsp3) is 0.750. The van der Waals surface area contributed by atoms with Crippen molar-refractivity contribution in [1.82, 2.24) is 0 Å². The summed E-state index contributed by atoms with van der Waals surface area (Å²) in [6.07, 6.45) is 6.74. The molecule has 2 rings (SSSR count). The smallest absolute Gasteiger partial charge is 0.333 e. The van der Waals surface area contributed by atoms with Crippen molar-refractivity contribution in [3.8, 4) is 0 Å². The molecule has 24 heavy (non-hydrogen) atoms. The number of halogens is 1. The highest BCUT2D eigenvalue weighted by Gasteiger charge is 2.50. The molecule has 0 aliphatic heterocycles. The van der Waals surface area contributed by atoms with E-state index in [0.29, 0.717) is 35.2 Å². The molecule has 0 aromatic rings. The molecule has 0 unspecified atom stereocenters. The van der Waals surface area contributed by atoms with Gasteiger partial charge in [-0.3, -0.25) is 0 Å². The Morgan fingerprint density at radius 3 is 2.88 bits per heavy atom. The third-order valence-corrected chi connectivity index (χ3v) is 7.05. The van der Waals surface area contributed by atoms with Gasteiger partial charge < -0.3 is 9.84 Å². The molecule has 0 amide bonds. The first-order valence-electron chi connectivity index (χ1n) is 9.06. The zero-order chi connectivity index (χ0) is 17.9. The van der Waals surface area contributed by atoms with Gasteiger partial charge in [-0.25, -0.2) is 4.79 Å². The van der Waals surface area contributed by atoms with Crippen molar-refractivity contribution in [2.45, 2.75) is 64.9 Å². The quantitative estimate of drug-likeness (QED) is 0.506. The maximum Gasteiger partial charge on any atom is 0.333 e. The minimum Gasteiger partial charge on any atom is -0.466 e. The Balaban J connectivity index is 1.98. The molecule has 0 radical (unpaired) electrons. The molecule has 4 heteroatoms. The van der Waals surface area contributed by atoms with E-state index in [1.54, 1.807) is 5.57 Å². The number of carbonyl (C=O) groups excluding carboxylic acids is 1. The monoisotopic (exact) mass is 398 g/mol. The molecule has 2 fully saturated rings. The topological polar surface area (TPSA) is 46.5 Å². The number of aliphatic hydroxyl groups is 1. The van der Waals surface area contributed by atoms with Gasteiger partial charge in [-0.1, -0.05) is 41.9 Å². The molecule has 0 saturated heterocycles. The van der Waals surface area contributed by atoms with Gasteiger partial charge in [0.05, 0.1) is 13.2 Å². The highest BCUT2D eigenvalue weighted by Crippen LogP contribution is 2.60. The van der Waals surface area contributed by atoms with E-state index in [9.17, 15) is 9.90 Å². The van der Waals surface area contributed by atoms with Crippen LogP contribution in [0.5, 0.6) is 0 Å². The number of esters is 1. The van der Waals surface area contributed by atoms with Crippen LogP contribution in [0.15, 0.2) is 22.7 Å². The van der Waals surface area contributed by atoms with Crippen LogP contribution in [0.1, 0.15) is 58.8 Å². The summed E-state index contributed by atoms with van der Waals surface area (Å²) in [7, 11) is 1.35. The van der Waals surface area contributed by atoms with Crippen molar-refractivity contribution in [2.75, 3.05) is 7.11 Å². The summed E-state index contributed by atoms with van der Waals surface area (Å²) in [5, 5.41) is 10.4. The number of hydrogen-bond donors (Lipinski definition) is 1. The molecule has 3 nitrogen and oxygen atoms in total. The standard InChI is InChI=1S/C20H31BrO3/c1-13(10-16(22)11-14(2)19(23)24-4)17-7-8-18-15(12-21)6-5-9-20(17,18)3/h12-13,16-18,22H,2,5-11H2,1,3-4H3/b15-12+/t13-,16-,17-,18+,20-/m1/s1.